The highest BCUT2D eigenvalue weighted by Gasteiger charge is 2.33. The largest absolute Gasteiger partial charge is 0.378 e. The minimum Gasteiger partial charge on any atom is -0.378 e. The summed E-state index contributed by atoms with van der Waals surface area (Å²) in [5.74, 6) is 1.80. The van der Waals surface area contributed by atoms with Crippen molar-refractivity contribution in [2.24, 2.45) is 5.92 Å². The highest BCUT2D eigenvalue weighted by molar-refractivity contribution is 5.79. The average Bonchev–Trinajstić information content (AvgIpc) is 3.15. The Kier molecular flexibility index (Phi) is 6.42. The Balaban J connectivity index is 1.58. The van der Waals surface area contributed by atoms with Crippen molar-refractivity contribution >= 4 is 5.91 Å². The minimum atomic E-state index is 0.0585. The molecule has 7 heteroatoms. The van der Waals surface area contributed by atoms with Gasteiger partial charge < -0.3 is 14.2 Å². The fourth-order valence-electron chi connectivity index (χ4n) is 3.63. The molecule has 0 aromatic carbocycles. The second-order valence-corrected chi connectivity index (χ2v) is 7.10. The van der Waals surface area contributed by atoms with Crippen LogP contribution in [0.3, 0.4) is 0 Å². The molecule has 7 nitrogen and oxygen atoms in total. The van der Waals surface area contributed by atoms with Gasteiger partial charge in [0.15, 0.2) is 5.82 Å². The number of hydrogen-bond acceptors (Lipinski definition) is 6. The zero-order valence-electron chi connectivity index (χ0n) is 15.4. The van der Waals surface area contributed by atoms with E-state index in [1.807, 2.05) is 4.90 Å². The molecule has 2 atom stereocenters. The Labute approximate surface area is 149 Å². The van der Waals surface area contributed by atoms with Crippen LogP contribution in [0.1, 0.15) is 57.3 Å². The molecule has 0 aliphatic carbocycles. The monoisotopic (exact) mass is 350 g/mol. The quantitative estimate of drug-likeness (QED) is 0.782. The van der Waals surface area contributed by atoms with Gasteiger partial charge in [-0.2, -0.15) is 4.98 Å². The summed E-state index contributed by atoms with van der Waals surface area (Å²) in [5.41, 5.74) is 0. The number of aryl methyl sites for hydroxylation is 1. The summed E-state index contributed by atoms with van der Waals surface area (Å²) in [6, 6.07) is 0.0585. The van der Waals surface area contributed by atoms with Gasteiger partial charge in [0, 0.05) is 26.1 Å². The number of rotatable bonds is 6. The third-order valence-corrected chi connectivity index (χ3v) is 5.27. The van der Waals surface area contributed by atoms with Crippen LogP contribution in [0, 0.1) is 5.92 Å². The first-order valence-electron chi connectivity index (χ1n) is 9.62. The van der Waals surface area contributed by atoms with Crippen molar-refractivity contribution in [1.82, 2.24) is 19.9 Å². The highest BCUT2D eigenvalue weighted by atomic mass is 16.5. The van der Waals surface area contributed by atoms with Crippen molar-refractivity contribution in [3.8, 4) is 0 Å². The van der Waals surface area contributed by atoms with Crippen LogP contribution in [0.25, 0.3) is 0 Å². The van der Waals surface area contributed by atoms with Gasteiger partial charge in [-0.3, -0.25) is 9.69 Å². The molecule has 3 rings (SSSR count). The molecule has 0 spiro atoms. The first-order chi connectivity index (χ1) is 12.2. The van der Waals surface area contributed by atoms with E-state index in [-0.39, 0.29) is 17.9 Å². The number of piperidine rings is 1. The van der Waals surface area contributed by atoms with Gasteiger partial charge in [-0.05, 0) is 32.7 Å². The second kappa shape index (κ2) is 8.76. The zero-order valence-corrected chi connectivity index (χ0v) is 15.4. The Morgan fingerprint density at radius 3 is 2.88 bits per heavy atom. The van der Waals surface area contributed by atoms with Crippen molar-refractivity contribution in [3.05, 3.63) is 11.7 Å². The Hall–Kier alpha value is -1.47. The maximum atomic E-state index is 12.8. The SMILES string of the molecule is CCCCc1noc(C(C)N2CCCC(C(=O)N3CCOCC3)C2)n1. The number of amides is 1. The van der Waals surface area contributed by atoms with Gasteiger partial charge in [0.05, 0.1) is 25.2 Å². The van der Waals surface area contributed by atoms with Crippen LogP contribution in [-0.4, -0.2) is 65.2 Å². The molecule has 2 aliphatic rings. The molecular formula is C18H30N4O3. The Morgan fingerprint density at radius 1 is 1.32 bits per heavy atom. The van der Waals surface area contributed by atoms with Gasteiger partial charge in [0.2, 0.25) is 11.8 Å². The molecule has 0 radical (unpaired) electrons. The van der Waals surface area contributed by atoms with Crippen LogP contribution >= 0.6 is 0 Å². The van der Waals surface area contributed by atoms with E-state index < -0.39 is 0 Å². The summed E-state index contributed by atoms with van der Waals surface area (Å²) in [6.07, 6.45) is 5.06. The standard InChI is InChI=1S/C18H30N4O3/c1-3-4-7-16-19-17(25-20-16)14(2)22-8-5-6-15(13-22)18(23)21-9-11-24-12-10-21/h14-15H,3-13H2,1-2H3. The molecule has 0 saturated carbocycles. The number of nitrogens with zero attached hydrogens (tertiary/aromatic N) is 4. The highest BCUT2D eigenvalue weighted by Crippen LogP contribution is 2.27. The first kappa shape index (κ1) is 18.3. The summed E-state index contributed by atoms with van der Waals surface area (Å²) in [6.45, 7) is 8.74. The number of morpholine rings is 1. The summed E-state index contributed by atoms with van der Waals surface area (Å²) in [7, 11) is 0. The summed E-state index contributed by atoms with van der Waals surface area (Å²) in [4.78, 5) is 21.6. The van der Waals surface area contributed by atoms with E-state index in [2.05, 4.69) is 28.9 Å². The Morgan fingerprint density at radius 2 is 2.12 bits per heavy atom. The molecule has 0 N–H and O–H groups in total. The summed E-state index contributed by atoms with van der Waals surface area (Å²) < 4.78 is 10.8. The summed E-state index contributed by atoms with van der Waals surface area (Å²) in [5, 5.41) is 4.10. The molecule has 1 amide bonds. The topological polar surface area (TPSA) is 71.7 Å². The molecule has 140 valence electrons. The molecular weight excluding hydrogens is 320 g/mol. The predicted molar refractivity (Wildman–Crippen MR) is 93.0 cm³/mol. The maximum Gasteiger partial charge on any atom is 0.243 e. The number of aromatic nitrogens is 2. The van der Waals surface area contributed by atoms with Gasteiger partial charge >= 0.3 is 0 Å². The van der Waals surface area contributed by atoms with E-state index in [4.69, 9.17) is 9.26 Å². The third kappa shape index (κ3) is 4.58. The van der Waals surface area contributed by atoms with E-state index in [1.165, 1.54) is 0 Å². The zero-order chi connectivity index (χ0) is 17.6. The average molecular weight is 350 g/mol. The van der Waals surface area contributed by atoms with Crippen molar-refractivity contribution in [2.75, 3.05) is 39.4 Å². The van der Waals surface area contributed by atoms with Gasteiger partial charge in [-0.15, -0.1) is 0 Å². The predicted octanol–water partition coefficient (Wildman–Crippen LogP) is 2.04. The first-order valence-corrected chi connectivity index (χ1v) is 9.62. The maximum absolute atomic E-state index is 12.8. The normalized spacial score (nSPS) is 23.6. The van der Waals surface area contributed by atoms with Crippen molar-refractivity contribution in [1.29, 1.82) is 0 Å². The smallest absolute Gasteiger partial charge is 0.243 e. The molecule has 1 aromatic heterocycles. The number of likely N-dealkylation sites (tertiary alicyclic amines) is 1. The molecule has 0 bridgehead atoms. The van der Waals surface area contributed by atoms with Gasteiger partial charge in [-0.1, -0.05) is 18.5 Å². The number of unbranched alkanes of at least 4 members (excludes halogenated alkanes) is 1. The molecule has 1 aromatic rings. The molecule has 2 fully saturated rings. The fourth-order valence-corrected chi connectivity index (χ4v) is 3.63. The lowest BCUT2D eigenvalue weighted by atomic mass is 9.95. The number of hydrogen-bond donors (Lipinski definition) is 0. The van der Waals surface area contributed by atoms with Crippen LogP contribution in [0.15, 0.2) is 4.52 Å². The van der Waals surface area contributed by atoms with Crippen molar-refractivity contribution < 1.29 is 14.1 Å². The fraction of sp³-hybridized carbons (Fsp3) is 0.833. The molecule has 3 heterocycles. The number of carbonyl (C=O) groups is 1. The lowest BCUT2D eigenvalue weighted by molar-refractivity contribution is -0.141. The molecule has 2 saturated heterocycles. The molecule has 2 unspecified atom stereocenters. The van der Waals surface area contributed by atoms with Crippen LogP contribution in [0.2, 0.25) is 0 Å². The van der Waals surface area contributed by atoms with Crippen LogP contribution < -0.4 is 0 Å². The third-order valence-electron chi connectivity index (χ3n) is 5.27. The minimum absolute atomic E-state index is 0.0585. The molecule has 25 heavy (non-hydrogen) atoms. The van der Waals surface area contributed by atoms with Crippen LogP contribution in [0.5, 0.6) is 0 Å². The molecule has 2 aliphatic heterocycles. The summed E-state index contributed by atoms with van der Waals surface area (Å²) >= 11 is 0. The van der Waals surface area contributed by atoms with E-state index >= 15 is 0 Å². The van der Waals surface area contributed by atoms with Gasteiger partial charge in [0.1, 0.15) is 0 Å². The lowest BCUT2D eigenvalue weighted by Crippen LogP contribution is -2.48. The van der Waals surface area contributed by atoms with Crippen molar-refractivity contribution in [3.63, 3.8) is 0 Å². The van der Waals surface area contributed by atoms with Gasteiger partial charge in [-0.25, -0.2) is 0 Å². The lowest BCUT2D eigenvalue weighted by Gasteiger charge is -2.37. The van der Waals surface area contributed by atoms with Crippen molar-refractivity contribution in [2.45, 2.75) is 52.0 Å². The van der Waals surface area contributed by atoms with E-state index in [0.717, 1.165) is 64.1 Å². The number of ether oxygens (including phenoxy) is 1. The van der Waals surface area contributed by atoms with Crippen LogP contribution in [-0.2, 0) is 16.0 Å². The van der Waals surface area contributed by atoms with E-state index in [0.29, 0.717) is 19.1 Å². The second-order valence-electron chi connectivity index (χ2n) is 7.10. The van der Waals surface area contributed by atoms with Gasteiger partial charge in [0.25, 0.3) is 0 Å². The Bertz CT molecular complexity index is 556. The van der Waals surface area contributed by atoms with Crippen LogP contribution in [0.4, 0.5) is 0 Å². The van der Waals surface area contributed by atoms with E-state index in [1.54, 1.807) is 0 Å². The van der Waals surface area contributed by atoms with E-state index in [9.17, 15) is 4.79 Å². The number of carbonyl (C=O) groups excluding carboxylic acids is 1.